The fraction of sp³-hybridized carbons (Fsp3) is 0.571. The summed E-state index contributed by atoms with van der Waals surface area (Å²) in [4.78, 5) is 11.8. The third kappa shape index (κ3) is 3.47. The molecule has 0 fully saturated rings. The average Bonchev–Trinajstić information content (AvgIpc) is 2.06. The molecule has 0 bridgehead atoms. The number of rotatable bonds is 5. The highest BCUT2D eigenvalue weighted by atomic mass is 16.6. The van der Waals surface area contributed by atoms with Crippen LogP contribution in [0.15, 0.2) is 12.7 Å². The number of hydrogen-bond donors (Lipinski definition) is 2. The summed E-state index contributed by atoms with van der Waals surface area (Å²) in [5.41, 5.74) is 0. The summed E-state index contributed by atoms with van der Waals surface area (Å²) in [7, 11) is 0. The average molecular weight is 175 g/mol. The molecule has 0 saturated carbocycles. The van der Waals surface area contributed by atoms with Crippen molar-refractivity contribution < 1.29 is 19.7 Å². The van der Waals surface area contributed by atoms with Crippen molar-refractivity contribution in [3.8, 4) is 0 Å². The molecule has 2 N–H and O–H groups in total. The van der Waals surface area contributed by atoms with E-state index >= 15 is 0 Å². The summed E-state index contributed by atoms with van der Waals surface area (Å²) in [6, 6.07) is 0. The molecule has 0 aromatic rings. The summed E-state index contributed by atoms with van der Waals surface area (Å²) >= 11 is 0. The van der Waals surface area contributed by atoms with Crippen LogP contribution in [0.2, 0.25) is 0 Å². The lowest BCUT2D eigenvalue weighted by molar-refractivity contribution is -0.160. The summed E-state index contributed by atoms with van der Waals surface area (Å²) < 4.78 is 4.69. The van der Waals surface area contributed by atoms with Gasteiger partial charge in [-0.2, -0.15) is 0 Å². The zero-order valence-electron chi connectivity index (χ0n) is 6.93. The Balaban J connectivity index is 3.91. The standard InChI is InChI=1S/C7H13NO4/c1-3-7(11)12-6(2)8(4-9)5-10/h3,6,9-10H,1,4-5H2,2H3. The molecule has 0 amide bonds. The molecule has 0 rings (SSSR count). The summed E-state index contributed by atoms with van der Waals surface area (Å²) in [6.07, 6.45) is 0.356. The number of carbonyl (C=O) groups excluding carboxylic acids is 1. The highest BCUT2D eigenvalue weighted by Gasteiger charge is 2.13. The second kappa shape index (κ2) is 5.70. The number of aliphatic hydroxyl groups excluding tert-OH is 2. The normalized spacial score (nSPS) is 12.7. The van der Waals surface area contributed by atoms with Gasteiger partial charge in [-0.15, -0.1) is 0 Å². The number of esters is 1. The molecule has 5 heteroatoms. The first-order chi connectivity index (χ1) is 5.65. The van der Waals surface area contributed by atoms with Crippen molar-refractivity contribution in [2.75, 3.05) is 13.5 Å². The van der Waals surface area contributed by atoms with Crippen LogP contribution in [0.5, 0.6) is 0 Å². The maximum atomic E-state index is 10.6. The Labute approximate surface area is 70.9 Å². The largest absolute Gasteiger partial charge is 0.443 e. The lowest BCUT2D eigenvalue weighted by Gasteiger charge is -2.23. The first kappa shape index (κ1) is 11.1. The molecule has 0 aliphatic heterocycles. The van der Waals surface area contributed by atoms with Crippen LogP contribution in [0, 0.1) is 0 Å². The van der Waals surface area contributed by atoms with E-state index in [-0.39, 0.29) is 13.5 Å². The number of hydrogen-bond acceptors (Lipinski definition) is 5. The fourth-order valence-electron chi connectivity index (χ4n) is 0.565. The second-order valence-electron chi connectivity index (χ2n) is 2.11. The minimum atomic E-state index is -0.662. The molecule has 0 heterocycles. The van der Waals surface area contributed by atoms with Crippen molar-refractivity contribution >= 4 is 5.97 Å². The van der Waals surface area contributed by atoms with Crippen LogP contribution in [-0.4, -0.2) is 40.8 Å². The maximum Gasteiger partial charge on any atom is 0.331 e. The molecule has 70 valence electrons. The number of aliphatic hydroxyl groups is 2. The first-order valence-electron chi connectivity index (χ1n) is 3.44. The van der Waals surface area contributed by atoms with Gasteiger partial charge in [-0.05, 0) is 6.92 Å². The van der Waals surface area contributed by atoms with Gasteiger partial charge in [-0.1, -0.05) is 6.58 Å². The molecular formula is C7H13NO4. The third-order valence-electron chi connectivity index (χ3n) is 1.33. The maximum absolute atomic E-state index is 10.6. The van der Waals surface area contributed by atoms with Gasteiger partial charge in [0.2, 0.25) is 0 Å². The van der Waals surface area contributed by atoms with Gasteiger partial charge >= 0.3 is 5.97 Å². The Hall–Kier alpha value is -0.910. The highest BCUT2D eigenvalue weighted by Crippen LogP contribution is 1.98. The van der Waals surface area contributed by atoms with Gasteiger partial charge in [0, 0.05) is 6.08 Å². The lowest BCUT2D eigenvalue weighted by atomic mass is 10.5. The smallest absolute Gasteiger partial charge is 0.331 e. The molecule has 0 spiro atoms. The van der Waals surface area contributed by atoms with Crippen molar-refractivity contribution in [2.24, 2.45) is 0 Å². The van der Waals surface area contributed by atoms with Crippen molar-refractivity contribution in [3.05, 3.63) is 12.7 Å². The number of ether oxygens (including phenoxy) is 1. The van der Waals surface area contributed by atoms with Crippen LogP contribution in [0.1, 0.15) is 6.92 Å². The van der Waals surface area contributed by atoms with Crippen molar-refractivity contribution in [3.63, 3.8) is 0 Å². The second-order valence-corrected chi connectivity index (χ2v) is 2.11. The highest BCUT2D eigenvalue weighted by molar-refractivity contribution is 5.81. The van der Waals surface area contributed by atoms with Crippen molar-refractivity contribution in [1.82, 2.24) is 4.90 Å². The van der Waals surface area contributed by atoms with Gasteiger partial charge < -0.3 is 14.9 Å². The molecule has 0 aliphatic rings. The number of nitrogens with zero attached hydrogens (tertiary/aromatic N) is 1. The van der Waals surface area contributed by atoms with E-state index in [1.807, 2.05) is 0 Å². The predicted molar refractivity (Wildman–Crippen MR) is 41.8 cm³/mol. The molecule has 5 nitrogen and oxygen atoms in total. The Morgan fingerprint density at radius 3 is 2.50 bits per heavy atom. The molecular weight excluding hydrogens is 162 g/mol. The molecule has 0 aromatic carbocycles. The van der Waals surface area contributed by atoms with E-state index in [4.69, 9.17) is 14.9 Å². The first-order valence-corrected chi connectivity index (χ1v) is 3.44. The third-order valence-corrected chi connectivity index (χ3v) is 1.33. The zero-order valence-corrected chi connectivity index (χ0v) is 6.93. The van der Waals surface area contributed by atoms with E-state index in [1.165, 1.54) is 6.92 Å². The zero-order chi connectivity index (χ0) is 9.56. The van der Waals surface area contributed by atoms with Crippen LogP contribution >= 0.6 is 0 Å². The molecule has 0 saturated heterocycles. The van der Waals surface area contributed by atoms with Crippen molar-refractivity contribution in [2.45, 2.75) is 13.2 Å². The topological polar surface area (TPSA) is 70.0 Å². The monoisotopic (exact) mass is 175 g/mol. The van der Waals surface area contributed by atoms with Crippen LogP contribution in [0.25, 0.3) is 0 Å². The van der Waals surface area contributed by atoms with E-state index in [0.717, 1.165) is 11.0 Å². The van der Waals surface area contributed by atoms with Gasteiger partial charge in [-0.25, -0.2) is 9.69 Å². The Morgan fingerprint density at radius 1 is 1.67 bits per heavy atom. The SMILES string of the molecule is C=CC(=O)OC(C)N(CO)CO. The van der Waals surface area contributed by atoms with Crippen LogP contribution in [-0.2, 0) is 9.53 Å². The minimum Gasteiger partial charge on any atom is -0.443 e. The van der Waals surface area contributed by atoms with Crippen LogP contribution in [0.3, 0.4) is 0 Å². The van der Waals surface area contributed by atoms with Gasteiger partial charge in [0.15, 0.2) is 6.23 Å². The van der Waals surface area contributed by atoms with Gasteiger partial charge in [0.1, 0.15) is 13.5 Å². The Morgan fingerprint density at radius 2 is 2.17 bits per heavy atom. The number of carbonyl (C=O) groups is 1. The molecule has 0 aliphatic carbocycles. The van der Waals surface area contributed by atoms with Crippen LogP contribution in [0.4, 0.5) is 0 Å². The summed E-state index contributed by atoms with van der Waals surface area (Å²) in [6.45, 7) is 4.00. The quantitative estimate of drug-likeness (QED) is 0.327. The Kier molecular flexibility index (Phi) is 5.27. The van der Waals surface area contributed by atoms with Crippen LogP contribution < -0.4 is 0 Å². The van der Waals surface area contributed by atoms with E-state index < -0.39 is 12.2 Å². The van der Waals surface area contributed by atoms with E-state index in [1.54, 1.807) is 0 Å². The Bertz CT molecular complexity index is 155. The molecule has 12 heavy (non-hydrogen) atoms. The minimum absolute atomic E-state index is 0.373. The fourth-order valence-corrected chi connectivity index (χ4v) is 0.565. The van der Waals surface area contributed by atoms with Gasteiger partial charge in [0.05, 0.1) is 0 Å². The lowest BCUT2D eigenvalue weighted by Crippen LogP contribution is -2.37. The molecule has 0 radical (unpaired) electrons. The van der Waals surface area contributed by atoms with E-state index in [0.29, 0.717) is 0 Å². The van der Waals surface area contributed by atoms with E-state index in [2.05, 4.69) is 6.58 Å². The summed E-state index contributed by atoms with van der Waals surface area (Å²) in [5.74, 6) is -0.589. The van der Waals surface area contributed by atoms with E-state index in [9.17, 15) is 4.79 Å². The summed E-state index contributed by atoms with van der Waals surface area (Å²) in [5, 5.41) is 17.3. The van der Waals surface area contributed by atoms with Gasteiger partial charge in [-0.3, -0.25) is 0 Å². The van der Waals surface area contributed by atoms with Gasteiger partial charge in [0.25, 0.3) is 0 Å². The predicted octanol–water partition coefficient (Wildman–Crippen LogP) is -0.737. The van der Waals surface area contributed by atoms with Crippen molar-refractivity contribution in [1.29, 1.82) is 0 Å². The molecule has 1 unspecified atom stereocenters. The molecule has 0 aromatic heterocycles. The molecule has 1 atom stereocenters.